The van der Waals surface area contributed by atoms with Crippen molar-refractivity contribution < 1.29 is 4.39 Å². The molecule has 0 spiro atoms. The van der Waals surface area contributed by atoms with Crippen molar-refractivity contribution in [3.05, 3.63) is 85.8 Å². The fourth-order valence-corrected chi connectivity index (χ4v) is 3.53. The number of aryl methyl sites for hydroxylation is 2. The maximum absolute atomic E-state index is 14.9. The first-order valence-electron chi connectivity index (χ1n) is 9.50. The first-order valence-corrected chi connectivity index (χ1v) is 10.3. The standard InChI is InChI=1S/C23H21BrFN3O/c1-3-4-9-21-27-15(2)22(24)23(29)28(21)14-18-11-10-16(12-20(18)25)19-8-6-5-7-17(19)13-26/h5-8,10-12H,3-4,9,14H2,1-2H3. The van der Waals surface area contributed by atoms with E-state index in [-0.39, 0.29) is 12.1 Å². The molecular formula is C23H21BrFN3O. The molecule has 0 aliphatic heterocycles. The van der Waals surface area contributed by atoms with Gasteiger partial charge < -0.3 is 0 Å². The molecule has 6 heteroatoms. The number of hydrogen-bond donors (Lipinski definition) is 0. The fraction of sp³-hybridized carbons (Fsp3) is 0.261. The number of nitriles is 1. The summed E-state index contributed by atoms with van der Waals surface area (Å²) in [7, 11) is 0. The monoisotopic (exact) mass is 453 g/mol. The van der Waals surface area contributed by atoms with Gasteiger partial charge in [-0.3, -0.25) is 9.36 Å². The molecule has 0 amide bonds. The van der Waals surface area contributed by atoms with Crippen LogP contribution >= 0.6 is 15.9 Å². The van der Waals surface area contributed by atoms with Gasteiger partial charge in [-0.2, -0.15) is 5.26 Å². The molecule has 1 aromatic heterocycles. The maximum Gasteiger partial charge on any atom is 0.268 e. The van der Waals surface area contributed by atoms with Crippen LogP contribution in [0.3, 0.4) is 0 Å². The Morgan fingerprint density at radius 2 is 2.00 bits per heavy atom. The third kappa shape index (κ3) is 4.46. The molecule has 0 saturated heterocycles. The summed E-state index contributed by atoms with van der Waals surface area (Å²) >= 11 is 3.30. The predicted molar refractivity (Wildman–Crippen MR) is 115 cm³/mol. The Morgan fingerprint density at radius 3 is 2.69 bits per heavy atom. The van der Waals surface area contributed by atoms with Crippen LogP contribution < -0.4 is 5.56 Å². The quantitative estimate of drug-likeness (QED) is 0.502. The summed E-state index contributed by atoms with van der Waals surface area (Å²) in [5.74, 6) is 0.246. The van der Waals surface area contributed by atoms with Crippen molar-refractivity contribution in [2.24, 2.45) is 0 Å². The van der Waals surface area contributed by atoms with E-state index < -0.39 is 5.82 Å². The van der Waals surface area contributed by atoms with Crippen molar-refractivity contribution >= 4 is 15.9 Å². The minimum atomic E-state index is -0.416. The van der Waals surface area contributed by atoms with Gasteiger partial charge in [0.1, 0.15) is 16.1 Å². The van der Waals surface area contributed by atoms with Crippen LogP contribution in [0.5, 0.6) is 0 Å². The number of aromatic nitrogens is 2. The average molecular weight is 454 g/mol. The molecule has 0 saturated carbocycles. The van der Waals surface area contributed by atoms with E-state index >= 15 is 0 Å². The molecule has 0 aliphatic carbocycles. The first kappa shape index (κ1) is 20.9. The van der Waals surface area contributed by atoms with Crippen LogP contribution in [0.4, 0.5) is 4.39 Å². The van der Waals surface area contributed by atoms with E-state index in [1.165, 1.54) is 10.6 Å². The molecule has 0 aliphatic rings. The van der Waals surface area contributed by atoms with Crippen LogP contribution in [0, 0.1) is 24.1 Å². The lowest BCUT2D eigenvalue weighted by Crippen LogP contribution is -2.27. The summed E-state index contributed by atoms with van der Waals surface area (Å²) in [6.45, 7) is 3.97. The zero-order valence-electron chi connectivity index (χ0n) is 16.4. The van der Waals surface area contributed by atoms with Gasteiger partial charge in [0.2, 0.25) is 0 Å². The average Bonchev–Trinajstić information content (AvgIpc) is 2.73. The highest BCUT2D eigenvalue weighted by atomic mass is 79.9. The smallest absolute Gasteiger partial charge is 0.268 e. The largest absolute Gasteiger partial charge is 0.291 e. The molecule has 1 heterocycles. The van der Waals surface area contributed by atoms with Crippen molar-refractivity contribution in [3.63, 3.8) is 0 Å². The molecule has 0 unspecified atom stereocenters. The summed E-state index contributed by atoms with van der Waals surface area (Å²) < 4.78 is 16.9. The predicted octanol–water partition coefficient (Wildman–Crippen LogP) is 5.38. The minimum Gasteiger partial charge on any atom is -0.291 e. The van der Waals surface area contributed by atoms with E-state index in [0.29, 0.717) is 44.7 Å². The van der Waals surface area contributed by atoms with Crippen LogP contribution in [-0.4, -0.2) is 9.55 Å². The van der Waals surface area contributed by atoms with Gasteiger partial charge in [-0.15, -0.1) is 0 Å². The first-order chi connectivity index (χ1) is 14.0. The molecule has 2 aromatic carbocycles. The van der Waals surface area contributed by atoms with Gasteiger partial charge in [0.15, 0.2) is 0 Å². The maximum atomic E-state index is 14.9. The van der Waals surface area contributed by atoms with Gasteiger partial charge in [-0.25, -0.2) is 9.37 Å². The number of hydrogen-bond acceptors (Lipinski definition) is 3. The zero-order chi connectivity index (χ0) is 21.0. The van der Waals surface area contributed by atoms with Crippen molar-refractivity contribution in [1.82, 2.24) is 9.55 Å². The van der Waals surface area contributed by atoms with E-state index in [1.54, 1.807) is 37.3 Å². The number of rotatable bonds is 6. The Kier molecular flexibility index (Phi) is 6.60. The molecule has 148 valence electrons. The van der Waals surface area contributed by atoms with E-state index in [0.717, 1.165) is 12.8 Å². The molecule has 3 rings (SSSR count). The molecule has 0 N–H and O–H groups in total. The van der Waals surface area contributed by atoms with Gasteiger partial charge in [-0.05, 0) is 52.5 Å². The second kappa shape index (κ2) is 9.15. The summed E-state index contributed by atoms with van der Waals surface area (Å²) in [5, 5.41) is 9.29. The molecule has 0 radical (unpaired) electrons. The second-order valence-electron chi connectivity index (χ2n) is 6.89. The lowest BCUT2D eigenvalue weighted by molar-refractivity contribution is 0.577. The van der Waals surface area contributed by atoms with E-state index in [2.05, 4.69) is 33.9 Å². The lowest BCUT2D eigenvalue weighted by Gasteiger charge is -2.15. The highest BCUT2D eigenvalue weighted by Crippen LogP contribution is 2.25. The Bertz CT molecular complexity index is 1150. The number of unbranched alkanes of at least 4 members (excludes halogenated alkanes) is 1. The van der Waals surface area contributed by atoms with Crippen LogP contribution in [0.15, 0.2) is 51.7 Å². The molecule has 0 atom stereocenters. The Morgan fingerprint density at radius 1 is 1.24 bits per heavy atom. The van der Waals surface area contributed by atoms with Crippen molar-refractivity contribution in [2.75, 3.05) is 0 Å². The normalized spacial score (nSPS) is 10.7. The molecule has 3 aromatic rings. The Hall–Kier alpha value is -2.78. The summed E-state index contributed by atoms with van der Waals surface area (Å²) in [6, 6.07) is 14.1. The van der Waals surface area contributed by atoms with Crippen LogP contribution in [0.1, 0.15) is 42.4 Å². The molecule has 29 heavy (non-hydrogen) atoms. The van der Waals surface area contributed by atoms with E-state index in [4.69, 9.17) is 0 Å². The number of benzene rings is 2. The van der Waals surface area contributed by atoms with Gasteiger partial charge >= 0.3 is 0 Å². The minimum absolute atomic E-state index is 0.107. The SMILES string of the molecule is CCCCc1nc(C)c(Br)c(=O)n1Cc1ccc(-c2ccccc2C#N)cc1F. The van der Waals surface area contributed by atoms with Gasteiger partial charge in [0.25, 0.3) is 5.56 Å². The number of nitrogens with zero attached hydrogens (tertiary/aromatic N) is 3. The Labute approximate surface area is 177 Å². The van der Waals surface area contributed by atoms with Crippen molar-refractivity contribution in [3.8, 4) is 17.2 Å². The molecule has 4 nitrogen and oxygen atoms in total. The summed E-state index contributed by atoms with van der Waals surface area (Å²) in [6.07, 6.45) is 2.54. The molecular weight excluding hydrogens is 433 g/mol. The van der Waals surface area contributed by atoms with Gasteiger partial charge in [0.05, 0.1) is 23.9 Å². The van der Waals surface area contributed by atoms with Crippen LogP contribution in [0.2, 0.25) is 0 Å². The third-order valence-corrected chi connectivity index (χ3v) is 5.77. The summed E-state index contributed by atoms with van der Waals surface area (Å²) in [4.78, 5) is 17.3. The fourth-order valence-electron chi connectivity index (χ4n) is 3.23. The van der Waals surface area contributed by atoms with Crippen LogP contribution in [0.25, 0.3) is 11.1 Å². The topological polar surface area (TPSA) is 58.7 Å². The second-order valence-corrected chi connectivity index (χ2v) is 7.68. The van der Waals surface area contributed by atoms with Gasteiger partial charge in [-0.1, -0.05) is 43.7 Å². The zero-order valence-corrected chi connectivity index (χ0v) is 18.0. The van der Waals surface area contributed by atoms with Gasteiger partial charge in [0, 0.05) is 12.0 Å². The van der Waals surface area contributed by atoms with Crippen LogP contribution in [-0.2, 0) is 13.0 Å². The summed E-state index contributed by atoms with van der Waals surface area (Å²) in [5.41, 5.74) is 2.64. The van der Waals surface area contributed by atoms with Crippen molar-refractivity contribution in [1.29, 1.82) is 5.26 Å². The molecule has 0 fully saturated rings. The highest BCUT2D eigenvalue weighted by molar-refractivity contribution is 9.10. The third-order valence-electron chi connectivity index (χ3n) is 4.85. The Balaban J connectivity index is 2.01. The van der Waals surface area contributed by atoms with Crippen molar-refractivity contribution in [2.45, 2.75) is 39.7 Å². The van der Waals surface area contributed by atoms with E-state index in [1.807, 2.05) is 6.07 Å². The lowest BCUT2D eigenvalue weighted by atomic mass is 9.99. The van der Waals surface area contributed by atoms with E-state index in [9.17, 15) is 14.4 Å². The number of halogens is 2. The molecule has 0 bridgehead atoms. The highest BCUT2D eigenvalue weighted by Gasteiger charge is 2.15.